The van der Waals surface area contributed by atoms with E-state index in [-0.39, 0.29) is 17.7 Å². The van der Waals surface area contributed by atoms with Gasteiger partial charge in [0, 0.05) is 44.9 Å². The first-order valence-electron chi connectivity index (χ1n) is 13.4. The van der Waals surface area contributed by atoms with Crippen LogP contribution in [0.3, 0.4) is 0 Å². The van der Waals surface area contributed by atoms with Crippen molar-refractivity contribution in [2.45, 2.75) is 32.3 Å². The molecule has 4 heterocycles. The molecule has 29 heavy (non-hydrogen) atoms. The highest BCUT2D eigenvalue weighted by atomic mass is 28.3. The molecule has 160 valence electrons. The van der Waals surface area contributed by atoms with Crippen LogP contribution in [0.25, 0.3) is 11.2 Å². The lowest BCUT2D eigenvalue weighted by Gasteiger charge is -2.31. The minimum Gasteiger partial charge on any atom is -0.378 e. The molecule has 0 N–H and O–H groups in total. The first-order chi connectivity index (χ1) is 16.8. The van der Waals surface area contributed by atoms with Crippen molar-refractivity contribution in [2.75, 3.05) is 69.0 Å². The topological polar surface area (TPSA) is 77.8 Å². The molecule has 0 aliphatic carbocycles. The smallest absolute Gasteiger partial charge is 0.229 e. The van der Waals surface area contributed by atoms with Gasteiger partial charge < -0.3 is 28.6 Å². The van der Waals surface area contributed by atoms with Crippen LogP contribution in [0.1, 0.15) is 9.60 Å². The summed E-state index contributed by atoms with van der Waals surface area (Å²) in [6.07, 6.45) is 1.17. The minimum absolute atomic E-state index is 0.213. The van der Waals surface area contributed by atoms with Crippen molar-refractivity contribution in [1.29, 1.82) is 0 Å². The number of morpholine rings is 2. The molecule has 0 atom stereocenters. The predicted octanol–water partition coefficient (Wildman–Crippen LogP) is 1.81. The van der Waals surface area contributed by atoms with Crippen LogP contribution >= 0.6 is 0 Å². The molecule has 2 aromatic rings. The number of aromatic nitrogens is 4. The van der Waals surface area contributed by atoms with Crippen LogP contribution in [0.15, 0.2) is 6.33 Å². The molecule has 0 saturated carbocycles. The Bertz CT molecular complexity index is 1080. The average Bonchev–Trinajstić information content (AvgIpc) is 3.29. The number of hydrogen-bond donors (Lipinski definition) is 0. The van der Waals surface area contributed by atoms with E-state index in [9.17, 15) is 0 Å². The van der Waals surface area contributed by atoms with Crippen LogP contribution in [0.5, 0.6) is 0 Å². The normalized spacial score (nSPS) is 23.6. The number of hydrogen-bond acceptors (Lipinski definition) is 8. The summed E-state index contributed by atoms with van der Waals surface area (Å²) in [5.41, 5.74) is 0.428. The van der Waals surface area contributed by atoms with Crippen molar-refractivity contribution in [2.24, 2.45) is 0 Å². The van der Waals surface area contributed by atoms with Gasteiger partial charge in [-0.3, -0.25) is 0 Å². The summed E-state index contributed by atoms with van der Waals surface area (Å²) in [4.78, 5) is 17.5. The highest BCUT2D eigenvalue weighted by molar-refractivity contribution is 6.76. The van der Waals surface area contributed by atoms with Crippen molar-refractivity contribution < 1.29 is 23.8 Å². The first kappa shape index (κ1) is 13.5. The quantitative estimate of drug-likeness (QED) is 0.611. The van der Waals surface area contributed by atoms with Gasteiger partial charge in [-0.05, 0) is 6.00 Å². The summed E-state index contributed by atoms with van der Waals surface area (Å²) < 4.78 is 75.6. The largest absolute Gasteiger partial charge is 0.378 e. The highest BCUT2D eigenvalue weighted by Gasteiger charge is 2.24. The van der Waals surface area contributed by atoms with Gasteiger partial charge in [-0.25, -0.2) is 4.98 Å². The van der Waals surface area contributed by atoms with Gasteiger partial charge in [-0.1, -0.05) is 19.6 Å². The molecule has 0 radical (unpaired) electrons. The Morgan fingerprint density at radius 3 is 2.48 bits per heavy atom. The van der Waals surface area contributed by atoms with Crippen LogP contribution in [-0.2, 0) is 20.9 Å². The predicted molar refractivity (Wildman–Crippen MR) is 115 cm³/mol. The number of rotatable bonds is 7. The molecule has 0 bridgehead atoms. The molecule has 2 aliphatic rings. The Morgan fingerprint density at radius 2 is 1.79 bits per heavy atom. The molecule has 2 aromatic heterocycles. The van der Waals surface area contributed by atoms with Gasteiger partial charge in [-0.15, -0.1) is 0 Å². The van der Waals surface area contributed by atoms with Gasteiger partial charge in [0.05, 0.1) is 38.2 Å². The van der Waals surface area contributed by atoms with Crippen molar-refractivity contribution in [3.63, 3.8) is 0 Å². The Hall–Kier alpha value is -1.75. The SMILES string of the molecule is [3H]C[Si](C)(C)C([3H])([3H])C([3H])([3H])OC([3H])([3H])n1cnc2nc(N3CCOCC3)nc(N3CCOCC3)c21. The molecule has 2 aliphatic heterocycles. The van der Waals surface area contributed by atoms with E-state index in [0.29, 0.717) is 64.4 Å². The van der Waals surface area contributed by atoms with Gasteiger partial charge in [0.2, 0.25) is 5.95 Å². The summed E-state index contributed by atoms with van der Waals surface area (Å²) in [5.74, 6) is -1.69. The van der Waals surface area contributed by atoms with Crippen molar-refractivity contribution in [3.8, 4) is 0 Å². The maximum Gasteiger partial charge on any atom is 0.229 e. The molecule has 9 nitrogen and oxygen atoms in total. The molecule has 0 unspecified atom stereocenters. The maximum absolute atomic E-state index is 8.63. The Balaban J connectivity index is 1.78. The molecular weight excluding hydrogens is 388 g/mol. The summed E-state index contributed by atoms with van der Waals surface area (Å²) in [5, 5.41) is 0. The lowest BCUT2D eigenvalue weighted by Crippen LogP contribution is -2.39. The van der Waals surface area contributed by atoms with Crippen molar-refractivity contribution in [3.05, 3.63) is 6.33 Å². The molecule has 0 aromatic carbocycles. The van der Waals surface area contributed by atoms with E-state index < -0.39 is 27.3 Å². The second-order valence-electron chi connectivity index (χ2n) is 7.64. The number of ether oxygens (including phenoxy) is 3. The van der Waals surface area contributed by atoms with Gasteiger partial charge in [0.1, 0.15) is 12.2 Å². The third-order valence-electron chi connectivity index (χ3n) is 4.56. The summed E-state index contributed by atoms with van der Waals surface area (Å²) >= 11 is 0. The lowest BCUT2D eigenvalue weighted by molar-refractivity contribution is 0.0897. The Kier molecular flexibility index (Phi) is 4.17. The van der Waals surface area contributed by atoms with Gasteiger partial charge in [0.25, 0.3) is 0 Å². The number of fused-ring (bicyclic) bond motifs is 1. The summed E-state index contributed by atoms with van der Waals surface area (Å²) in [6, 6.07) is 0. The number of anilines is 2. The van der Waals surface area contributed by atoms with Crippen LogP contribution < -0.4 is 9.80 Å². The molecule has 10 heteroatoms. The van der Waals surface area contributed by atoms with Crippen LogP contribution in [0, 0.1) is 0 Å². The van der Waals surface area contributed by atoms with E-state index in [1.165, 1.54) is 6.33 Å². The highest BCUT2D eigenvalue weighted by Crippen LogP contribution is 2.27. The second kappa shape index (κ2) is 8.95. The second-order valence-corrected chi connectivity index (χ2v) is 11.7. The summed E-state index contributed by atoms with van der Waals surface area (Å²) in [6.45, 7) is 1.18. The van der Waals surface area contributed by atoms with Gasteiger partial charge in [0.15, 0.2) is 11.5 Å². The molecule has 2 saturated heterocycles. The minimum atomic E-state index is -3.10. The van der Waals surface area contributed by atoms with Gasteiger partial charge >= 0.3 is 0 Å². The number of imidazole rings is 1. The zero-order chi connectivity index (χ0) is 26.4. The van der Waals surface area contributed by atoms with E-state index in [4.69, 9.17) is 28.8 Å². The van der Waals surface area contributed by atoms with E-state index >= 15 is 0 Å². The lowest BCUT2D eigenvalue weighted by atomic mass is 10.3. The Labute approximate surface area is 182 Å². The van der Waals surface area contributed by atoms with E-state index in [2.05, 4.69) is 9.97 Å². The standard InChI is InChI=1S/C19H32N6O3Si/c1-29(2,3)13-12-28-15-25-14-20-17-16(25)18(23-4-8-26-9-5-23)22-19(21-17)24-6-10-27-11-7-24/h14H,4-13,15H2,1-3H3/i1T,12T2,13T2,15T2. The number of nitrogens with zero attached hydrogens (tertiary/aromatic N) is 6. The fraction of sp³-hybridized carbons (Fsp3) is 0.737. The first-order valence-corrected chi connectivity index (χ1v) is 12.9. The van der Waals surface area contributed by atoms with Crippen LogP contribution in [0.4, 0.5) is 11.8 Å². The fourth-order valence-electron chi connectivity index (χ4n) is 3.10. The van der Waals surface area contributed by atoms with Crippen LogP contribution in [0.2, 0.25) is 25.6 Å². The molecule has 0 spiro atoms. The molecule has 4 rings (SSSR count). The fourth-order valence-corrected chi connectivity index (χ4v) is 3.43. The summed E-state index contributed by atoms with van der Waals surface area (Å²) in [7, 11) is -3.10. The third kappa shape index (κ3) is 5.06. The molecule has 0 amide bonds. The maximum atomic E-state index is 8.63. The zero-order valence-corrected chi connectivity index (χ0v) is 17.8. The van der Waals surface area contributed by atoms with Crippen molar-refractivity contribution in [1.82, 2.24) is 19.5 Å². The van der Waals surface area contributed by atoms with E-state index in [1.807, 2.05) is 9.80 Å². The van der Waals surface area contributed by atoms with Crippen LogP contribution in [-0.4, -0.2) is 86.8 Å². The molecular formula is C19H32N6O3Si. The Morgan fingerprint density at radius 1 is 1.10 bits per heavy atom. The average molecular weight is 435 g/mol. The zero-order valence-electron chi connectivity index (χ0n) is 23.8. The third-order valence-corrected chi connectivity index (χ3v) is 5.34. The van der Waals surface area contributed by atoms with Gasteiger partial charge in [-0.2, -0.15) is 9.97 Å². The van der Waals surface area contributed by atoms with E-state index in [1.54, 1.807) is 13.1 Å². The van der Waals surface area contributed by atoms with E-state index in [0.717, 1.165) is 4.57 Å². The van der Waals surface area contributed by atoms with Crippen molar-refractivity contribution >= 4 is 31.0 Å². The molecule has 2 fully saturated rings. The monoisotopic (exact) mass is 434 g/mol.